The van der Waals surface area contributed by atoms with Crippen LogP contribution in [0.5, 0.6) is 0 Å². The Morgan fingerprint density at radius 2 is 1.89 bits per heavy atom. The van der Waals surface area contributed by atoms with E-state index in [1.807, 2.05) is 12.1 Å². The predicted molar refractivity (Wildman–Crippen MR) is 38.1 cm³/mol. The van der Waals surface area contributed by atoms with Crippen molar-refractivity contribution in [2.45, 2.75) is 0 Å². The number of para-hydroxylation sites is 1. The van der Waals surface area contributed by atoms with Crippen LogP contribution in [-0.2, 0) is 0 Å². The Labute approximate surface area is 53.6 Å². The van der Waals surface area contributed by atoms with Crippen molar-refractivity contribution in [3.63, 3.8) is 0 Å². The normalized spacial score (nSPS) is 9.00. The van der Waals surface area contributed by atoms with E-state index in [-0.39, 0.29) is 0 Å². The molecule has 1 aromatic rings. The summed E-state index contributed by atoms with van der Waals surface area (Å²) in [5.41, 5.74) is 10.2. The molecule has 0 fully saturated rings. The number of rotatable bonds is 1. The predicted octanol–water partition coefficient (Wildman–Crippen LogP) is 1.15. The van der Waals surface area contributed by atoms with Gasteiger partial charge in [0.2, 0.25) is 0 Å². The van der Waals surface area contributed by atoms with Gasteiger partial charge in [0.05, 0.1) is 0 Å². The molecular weight excluding hydrogens is 114 g/mol. The third kappa shape index (κ3) is 1.12. The van der Waals surface area contributed by atoms with Crippen molar-refractivity contribution < 1.29 is 0 Å². The Kier molecular flexibility index (Phi) is 1.55. The monoisotopic (exact) mass is 122 g/mol. The van der Waals surface area contributed by atoms with Crippen LogP contribution in [0.3, 0.4) is 0 Å². The van der Waals surface area contributed by atoms with Crippen molar-refractivity contribution in [2.24, 2.45) is 5.84 Å². The van der Waals surface area contributed by atoms with Gasteiger partial charge in [-0.15, -0.1) is 5.69 Å². The van der Waals surface area contributed by atoms with Gasteiger partial charge in [0.1, 0.15) is 0 Å². The lowest BCUT2D eigenvalue weighted by molar-refractivity contribution is 1.47. The molecule has 0 radical (unpaired) electrons. The highest BCUT2D eigenvalue weighted by Crippen LogP contribution is 2.21. The van der Waals surface area contributed by atoms with Gasteiger partial charge in [-0.2, -0.15) is 0 Å². The summed E-state index contributed by atoms with van der Waals surface area (Å²) in [5, 5.41) is 0. The lowest BCUT2D eigenvalue weighted by Crippen LogP contribution is -1.88. The minimum Gasteiger partial charge on any atom is -0.624 e. The third-order valence-corrected chi connectivity index (χ3v) is 1.08. The minimum atomic E-state index is 0.611. The molecule has 0 aliphatic carbocycles. The van der Waals surface area contributed by atoms with E-state index in [4.69, 9.17) is 11.6 Å². The summed E-state index contributed by atoms with van der Waals surface area (Å²) in [7, 11) is 0. The van der Waals surface area contributed by atoms with E-state index in [0.717, 1.165) is 0 Å². The van der Waals surface area contributed by atoms with Gasteiger partial charge in [0, 0.05) is 5.69 Å². The van der Waals surface area contributed by atoms with E-state index in [1.165, 1.54) is 0 Å². The largest absolute Gasteiger partial charge is 0.624 e. The summed E-state index contributed by atoms with van der Waals surface area (Å²) in [6.07, 6.45) is 0. The molecule has 3 heteroatoms. The van der Waals surface area contributed by atoms with E-state index in [0.29, 0.717) is 11.4 Å². The molecule has 0 saturated carbocycles. The van der Waals surface area contributed by atoms with Gasteiger partial charge in [-0.05, 0) is 6.07 Å². The van der Waals surface area contributed by atoms with Crippen LogP contribution < -0.4 is 11.6 Å². The zero-order chi connectivity index (χ0) is 6.69. The van der Waals surface area contributed by atoms with E-state index in [1.54, 1.807) is 12.1 Å². The molecule has 0 unspecified atom stereocenters. The van der Waals surface area contributed by atoms with Crippen LogP contribution in [0.25, 0.3) is 5.43 Å². The van der Waals surface area contributed by atoms with Crippen LogP contribution in [-0.4, -0.2) is 0 Å². The van der Waals surface area contributed by atoms with Gasteiger partial charge < -0.3 is 17.0 Å². The Balaban J connectivity index is 3.01. The lowest BCUT2D eigenvalue weighted by atomic mass is 10.3. The molecule has 3 nitrogen and oxygen atoms in total. The number of hydrogen-bond acceptors (Lipinski definition) is 2. The van der Waals surface area contributed by atoms with E-state index < -0.39 is 0 Å². The van der Waals surface area contributed by atoms with E-state index in [9.17, 15) is 0 Å². The summed E-state index contributed by atoms with van der Waals surface area (Å²) >= 11 is 0. The number of benzene rings is 1. The first kappa shape index (κ1) is 5.91. The summed E-state index contributed by atoms with van der Waals surface area (Å²) in [4.78, 5) is 0. The van der Waals surface area contributed by atoms with Crippen molar-refractivity contribution in [1.29, 1.82) is 0 Å². The van der Waals surface area contributed by atoms with Crippen molar-refractivity contribution in [2.75, 3.05) is 5.73 Å². The maximum absolute atomic E-state index is 5.46. The van der Waals surface area contributed by atoms with Crippen molar-refractivity contribution in [3.8, 4) is 0 Å². The summed E-state index contributed by atoms with van der Waals surface area (Å²) in [6, 6.07) is 7.19. The highest BCUT2D eigenvalue weighted by molar-refractivity contribution is 5.67. The smallest absolute Gasteiger partial charge is 0.0171 e. The Morgan fingerprint density at radius 1 is 1.22 bits per heavy atom. The summed E-state index contributed by atoms with van der Waals surface area (Å²) in [5.74, 6) is 5.00. The summed E-state index contributed by atoms with van der Waals surface area (Å²) in [6.45, 7) is 0. The highest BCUT2D eigenvalue weighted by Gasteiger charge is 1.81. The van der Waals surface area contributed by atoms with Crippen LogP contribution >= 0.6 is 0 Å². The van der Waals surface area contributed by atoms with Crippen LogP contribution in [0.15, 0.2) is 24.3 Å². The second-order valence-corrected chi connectivity index (χ2v) is 1.69. The van der Waals surface area contributed by atoms with Gasteiger partial charge >= 0.3 is 0 Å². The SMILES string of the molecule is N[N-]c1ccccc1N. The van der Waals surface area contributed by atoms with Crippen molar-refractivity contribution >= 4 is 11.4 Å². The topological polar surface area (TPSA) is 66.1 Å². The first-order chi connectivity index (χ1) is 4.34. The molecule has 48 valence electrons. The fourth-order valence-electron chi connectivity index (χ4n) is 0.605. The van der Waals surface area contributed by atoms with Crippen LogP contribution in [0, 0.1) is 0 Å². The minimum absolute atomic E-state index is 0.611. The molecule has 0 aliphatic heterocycles. The molecule has 9 heavy (non-hydrogen) atoms. The summed E-state index contributed by atoms with van der Waals surface area (Å²) < 4.78 is 0. The zero-order valence-electron chi connectivity index (χ0n) is 4.91. The molecule has 0 aliphatic rings. The Bertz CT molecular complexity index is 197. The van der Waals surface area contributed by atoms with Gasteiger partial charge in [-0.1, -0.05) is 18.2 Å². The number of nitrogens with zero attached hydrogens (tertiary/aromatic N) is 1. The van der Waals surface area contributed by atoms with Crippen LogP contribution in [0.1, 0.15) is 0 Å². The molecular formula is C6H8N3-. The third-order valence-electron chi connectivity index (χ3n) is 1.08. The van der Waals surface area contributed by atoms with Gasteiger partial charge in [-0.25, -0.2) is 0 Å². The number of hydrogen-bond donors (Lipinski definition) is 2. The highest BCUT2D eigenvalue weighted by atomic mass is 15.2. The second kappa shape index (κ2) is 2.37. The average Bonchev–Trinajstić information content (AvgIpc) is 1.89. The molecule has 0 amide bonds. The molecule has 0 heterocycles. The molecule has 0 atom stereocenters. The quantitative estimate of drug-likeness (QED) is 0.333. The van der Waals surface area contributed by atoms with E-state index in [2.05, 4.69) is 5.43 Å². The lowest BCUT2D eigenvalue weighted by Gasteiger charge is -2.15. The number of nitrogens with two attached hydrogens (primary N) is 2. The molecule has 1 rings (SSSR count). The zero-order valence-corrected chi connectivity index (χ0v) is 4.91. The fourth-order valence-corrected chi connectivity index (χ4v) is 0.605. The maximum Gasteiger partial charge on any atom is 0.0171 e. The average molecular weight is 122 g/mol. The van der Waals surface area contributed by atoms with Crippen LogP contribution in [0.4, 0.5) is 11.4 Å². The van der Waals surface area contributed by atoms with Gasteiger partial charge in [-0.3, -0.25) is 0 Å². The molecule has 0 spiro atoms. The first-order valence-electron chi connectivity index (χ1n) is 2.60. The Morgan fingerprint density at radius 3 is 2.33 bits per heavy atom. The molecule has 0 aromatic heterocycles. The Hall–Kier alpha value is -1.22. The van der Waals surface area contributed by atoms with Crippen molar-refractivity contribution in [1.82, 2.24) is 0 Å². The second-order valence-electron chi connectivity index (χ2n) is 1.69. The number of anilines is 1. The fraction of sp³-hybridized carbons (Fsp3) is 0. The standard InChI is InChI=1S/C6H8N3/c7-5-3-1-2-4-6(5)9-8/h1-4H,7-8H2/q-1. The molecule has 4 N–H and O–H groups in total. The van der Waals surface area contributed by atoms with E-state index >= 15 is 0 Å². The maximum atomic E-state index is 5.46. The molecule has 0 bridgehead atoms. The first-order valence-corrected chi connectivity index (χ1v) is 2.60. The molecule has 1 aromatic carbocycles. The molecule has 0 saturated heterocycles. The van der Waals surface area contributed by atoms with Gasteiger partial charge in [0.15, 0.2) is 0 Å². The van der Waals surface area contributed by atoms with Gasteiger partial charge in [0.25, 0.3) is 0 Å². The number of nitrogen functional groups attached to an aromatic ring is 1. The van der Waals surface area contributed by atoms with Crippen LogP contribution in [0.2, 0.25) is 0 Å². The van der Waals surface area contributed by atoms with Crippen molar-refractivity contribution in [3.05, 3.63) is 29.7 Å².